The van der Waals surface area contributed by atoms with Crippen LogP contribution in [-0.4, -0.2) is 120 Å². The quantitative estimate of drug-likeness (QED) is 0.295. The average Bonchev–Trinajstić information content (AvgIpc) is 3.15. The van der Waals surface area contributed by atoms with E-state index < -0.39 is 90.3 Å². The van der Waals surface area contributed by atoms with Crippen molar-refractivity contribution in [2.75, 3.05) is 27.7 Å². The molecule has 1 rings (SSSR count). The topological polar surface area (TPSA) is 172 Å². The minimum Gasteiger partial charge on any atom is -0.456 e. The fourth-order valence-electron chi connectivity index (χ4n) is 6.32. The Bertz CT molecular complexity index is 1470. The largest absolute Gasteiger partial charge is 0.456 e. The predicted molar refractivity (Wildman–Crippen MR) is 216 cm³/mol. The third-order valence-corrected chi connectivity index (χ3v) is 11.2. The number of hydrogen-bond acceptors (Lipinski definition) is 9. The van der Waals surface area contributed by atoms with E-state index in [1.165, 1.54) is 37.9 Å². The number of amides is 5. The molecule has 1 heterocycles. The molecule has 0 bridgehead atoms. The molecule has 0 aromatic rings. The second kappa shape index (κ2) is 22.5. The van der Waals surface area contributed by atoms with E-state index in [1.54, 1.807) is 54.5 Å². The highest BCUT2D eigenvalue weighted by Gasteiger charge is 2.38. The van der Waals surface area contributed by atoms with Crippen LogP contribution in [0.2, 0.25) is 0 Å². The molecular formula is C42H71N5O9. The minimum absolute atomic E-state index is 0.0830. The Morgan fingerprint density at radius 2 is 1.32 bits per heavy atom. The van der Waals surface area contributed by atoms with E-state index in [1.807, 2.05) is 40.7 Å². The first-order valence-corrected chi connectivity index (χ1v) is 20.1. The molecule has 0 radical (unpaired) electrons. The maximum absolute atomic E-state index is 13.8. The number of likely N-dealkylation sites (N-methyl/N-ethyl adjacent to an activating group) is 3. The Labute approximate surface area is 335 Å². The van der Waals surface area contributed by atoms with Crippen LogP contribution in [0.4, 0.5) is 0 Å². The van der Waals surface area contributed by atoms with E-state index in [9.17, 15) is 33.6 Å². The third-order valence-electron chi connectivity index (χ3n) is 11.2. The lowest BCUT2D eigenvalue weighted by Gasteiger charge is -2.34. The molecule has 1 aliphatic heterocycles. The van der Waals surface area contributed by atoms with Gasteiger partial charge in [-0.25, -0.2) is 9.59 Å². The molecule has 9 unspecified atom stereocenters. The van der Waals surface area contributed by atoms with Gasteiger partial charge in [-0.2, -0.15) is 0 Å². The van der Waals surface area contributed by atoms with Crippen LogP contribution in [0.25, 0.3) is 0 Å². The number of cyclic esters (lactones) is 2. The Balaban J connectivity index is 3.76. The van der Waals surface area contributed by atoms with Crippen LogP contribution >= 0.6 is 0 Å². The van der Waals surface area contributed by atoms with Crippen molar-refractivity contribution in [2.24, 2.45) is 29.6 Å². The van der Waals surface area contributed by atoms with E-state index in [0.717, 1.165) is 10.5 Å². The second-order valence-corrected chi connectivity index (χ2v) is 16.3. The molecule has 56 heavy (non-hydrogen) atoms. The summed E-state index contributed by atoms with van der Waals surface area (Å²) in [6, 6.07) is -4.10. The lowest BCUT2D eigenvalue weighted by Crippen LogP contribution is -2.58. The SMILES string of the molecule is CCC=C(C)C1OC(=O)C(C)N(C)C(=O)C(C(C)C)NC(=O)CN(C)C(=O)C(C)N(C)C(=O)C(C(C)C)NC(=O)C(C(C)CC)OC(=O)C(C)=CCC(C)C1C. The van der Waals surface area contributed by atoms with Gasteiger partial charge in [-0.05, 0) is 76.2 Å². The van der Waals surface area contributed by atoms with Gasteiger partial charge in [-0.1, -0.05) is 74.5 Å². The number of hydrogen-bond donors (Lipinski definition) is 2. The normalized spacial score (nSPS) is 29.2. The number of allylic oxidation sites excluding steroid dienone is 2. The summed E-state index contributed by atoms with van der Waals surface area (Å²) in [7, 11) is 4.34. The summed E-state index contributed by atoms with van der Waals surface area (Å²) < 4.78 is 11.9. The summed E-state index contributed by atoms with van der Waals surface area (Å²) in [6.07, 6.45) is 3.57. The molecule has 0 aromatic carbocycles. The van der Waals surface area contributed by atoms with Crippen molar-refractivity contribution in [3.8, 4) is 0 Å². The van der Waals surface area contributed by atoms with E-state index >= 15 is 0 Å². The molecule has 5 amide bonds. The molecule has 0 aromatic heterocycles. The number of carbonyl (C=O) groups is 7. The van der Waals surface area contributed by atoms with Gasteiger partial charge in [-0.3, -0.25) is 24.0 Å². The van der Waals surface area contributed by atoms with Gasteiger partial charge in [0.05, 0.1) is 6.54 Å². The number of nitrogens with zero attached hydrogens (tertiary/aromatic N) is 3. The first-order valence-electron chi connectivity index (χ1n) is 20.1. The first-order chi connectivity index (χ1) is 25.9. The van der Waals surface area contributed by atoms with Crippen LogP contribution < -0.4 is 10.6 Å². The maximum Gasteiger partial charge on any atom is 0.334 e. The lowest BCUT2D eigenvalue weighted by molar-refractivity contribution is -0.160. The van der Waals surface area contributed by atoms with Gasteiger partial charge >= 0.3 is 11.9 Å². The summed E-state index contributed by atoms with van der Waals surface area (Å²) in [5.41, 5.74) is 1.15. The highest BCUT2D eigenvalue weighted by molar-refractivity contribution is 5.96. The van der Waals surface area contributed by atoms with Crippen molar-refractivity contribution in [3.05, 3.63) is 23.3 Å². The molecule has 14 nitrogen and oxygen atoms in total. The number of nitrogens with one attached hydrogen (secondary N) is 2. The van der Waals surface area contributed by atoms with Crippen molar-refractivity contribution in [1.82, 2.24) is 25.3 Å². The van der Waals surface area contributed by atoms with Crippen molar-refractivity contribution >= 4 is 41.5 Å². The molecule has 0 fully saturated rings. The Morgan fingerprint density at radius 1 is 0.804 bits per heavy atom. The van der Waals surface area contributed by atoms with E-state index in [0.29, 0.717) is 24.8 Å². The van der Waals surface area contributed by atoms with Crippen LogP contribution in [0.15, 0.2) is 23.3 Å². The van der Waals surface area contributed by atoms with Crippen molar-refractivity contribution in [1.29, 1.82) is 0 Å². The number of rotatable bonds is 6. The van der Waals surface area contributed by atoms with Gasteiger partial charge in [0.25, 0.3) is 5.91 Å². The second-order valence-electron chi connectivity index (χ2n) is 16.3. The third kappa shape index (κ3) is 13.5. The van der Waals surface area contributed by atoms with E-state index in [4.69, 9.17) is 9.47 Å². The highest BCUT2D eigenvalue weighted by atomic mass is 16.6. The molecule has 1 aliphatic rings. The predicted octanol–water partition coefficient (Wildman–Crippen LogP) is 4.27. The standard InChI is InChI=1S/C42H71N5O9/c1-17-19-27(9)35-29(11)26(8)20-21-28(10)41(53)56-36(25(7)18-2)37(49)44-34(24(5)6)40(52)46(15)30(12)38(50)45(14)22-32(48)43-33(23(3)4)39(51)47(16)31(13)42(54)55-35/h19,21,23-26,29-31,33-36H,17-18,20,22H2,1-16H3,(H,43,48)(H,44,49). The lowest BCUT2D eigenvalue weighted by atomic mass is 9.84. The van der Waals surface area contributed by atoms with E-state index in [2.05, 4.69) is 10.6 Å². The molecule has 14 heteroatoms. The molecule has 9 atom stereocenters. The first kappa shape index (κ1) is 49.8. The molecule has 0 saturated carbocycles. The molecule has 0 saturated heterocycles. The summed E-state index contributed by atoms with van der Waals surface area (Å²) in [4.78, 5) is 99.0. The molecule has 318 valence electrons. The van der Waals surface area contributed by atoms with Gasteiger partial charge in [-0.15, -0.1) is 0 Å². The highest BCUT2D eigenvalue weighted by Crippen LogP contribution is 2.28. The number of carbonyl (C=O) groups excluding carboxylic acids is 7. The van der Waals surface area contributed by atoms with Gasteiger partial charge in [0.1, 0.15) is 30.3 Å². The number of esters is 2. The molecule has 0 aliphatic carbocycles. The monoisotopic (exact) mass is 790 g/mol. The summed E-state index contributed by atoms with van der Waals surface area (Å²) in [5.74, 6) is -5.55. The zero-order valence-corrected chi connectivity index (χ0v) is 36.8. The zero-order chi connectivity index (χ0) is 43.4. The van der Waals surface area contributed by atoms with Crippen LogP contribution in [0.1, 0.15) is 109 Å². The van der Waals surface area contributed by atoms with Crippen molar-refractivity contribution in [3.63, 3.8) is 0 Å². The van der Waals surface area contributed by atoms with Crippen LogP contribution in [0, 0.1) is 29.6 Å². The molecule has 0 spiro atoms. The van der Waals surface area contributed by atoms with Crippen molar-refractivity contribution in [2.45, 2.75) is 146 Å². The summed E-state index contributed by atoms with van der Waals surface area (Å²) >= 11 is 0. The van der Waals surface area contributed by atoms with Crippen LogP contribution in [-0.2, 0) is 43.0 Å². The molecule has 2 N–H and O–H groups in total. The Morgan fingerprint density at radius 3 is 1.82 bits per heavy atom. The summed E-state index contributed by atoms with van der Waals surface area (Å²) in [6.45, 7) is 22.8. The zero-order valence-electron chi connectivity index (χ0n) is 36.8. The van der Waals surface area contributed by atoms with Crippen LogP contribution in [0.3, 0.4) is 0 Å². The number of ether oxygens (including phenoxy) is 2. The maximum atomic E-state index is 13.8. The van der Waals surface area contributed by atoms with Gasteiger partial charge in [0.2, 0.25) is 23.6 Å². The van der Waals surface area contributed by atoms with Gasteiger partial charge in [0.15, 0.2) is 6.10 Å². The smallest absolute Gasteiger partial charge is 0.334 e. The van der Waals surface area contributed by atoms with Crippen molar-refractivity contribution < 1.29 is 43.0 Å². The summed E-state index contributed by atoms with van der Waals surface area (Å²) in [5, 5.41) is 5.52. The minimum atomic E-state index is -1.19. The van der Waals surface area contributed by atoms with Gasteiger partial charge in [0, 0.05) is 32.6 Å². The Hall–Kier alpha value is -4.23. The molecular weight excluding hydrogens is 718 g/mol. The van der Waals surface area contributed by atoms with Crippen LogP contribution in [0.5, 0.6) is 0 Å². The Kier molecular flexibility index (Phi) is 20.0. The average molecular weight is 790 g/mol. The van der Waals surface area contributed by atoms with E-state index in [-0.39, 0.29) is 23.7 Å². The fourth-order valence-corrected chi connectivity index (χ4v) is 6.32. The van der Waals surface area contributed by atoms with Gasteiger partial charge < -0.3 is 34.8 Å². The fraction of sp³-hybridized carbons (Fsp3) is 0.738.